The van der Waals surface area contributed by atoms with Crippen LogP contribution in [0, 0.1) is 0 Å². The first-order valence-electron chi connectivity index (χ1n) is 8.69. The third-order valence-electron chi connectivity index (χ3n) is 4.60. The highest BCUT2D eigenvalue weighted by Crippen LogP contribution is 2.31. The maximum absolute atomic E-state index is 12.7. The van der Waals surface area contributed by atoms with Crippen LogP contribution < -0.4 is 0 Å². The van der Waals surface area contributed by atoms with Gasteiger partial charge in [0.2, 0.25) is 0 Å². The first-order chi connectivity index (χ1) is 12.8. The fraction of sp³-hybridized carbons (Fsp3) is 0.250. The molecule has 0 fully saturated rings. The number of nitrogens with zero attached hydrogens (tertiary/aromatic N) is 4. The summed E-state index contributed by atoms with van der Waals surface area (Å²) in [6.45, 7) is 5.33. The van der Waals surface area contributed by atoms with E-state index in [4.69, 9.17) is 0 Å². The van der Waals surface area contributed by atoms with Gasteiger partial charge >= 0.3 is 0 Å². The van der Waals surface area contributed by atoms with Crippen LogP contribution in [0.2, 0.25) is 0 Å². The molecule has 0 aliphatic rings. The van der Waals surface area contributed by atoms with E-state index < -0.39 is 11.4 Å². The number of aromatic amines is 1. The molecule has 4 aromatic rings. The highest BCUT2D eigenvalue weighted by molar-refractivity contribution is 6.02. The van der Waals surface area contributed by atoms with Gasteiger partial charge in [-0.05, 0) is 45.0 Å². The summed E-state index contributed by atoms with van der Waals surface area (Å²) >= 11 is 0. The predicted octanol–water partition coefficient (Wildman–Crippen LogP) is 3.75. The van der Waals surface area contributed by atoms with Gasteiger partial charge in [0.1, 0.15) is 5.52 Å². The minimum absolute atomic E-state index is 0.419. The Kier molecular flexibility index (Phi) is 3.78. The van der Waals surface area contributed by atoms with Gasteiger partial charge in [-0.25, -0.2) is 15.0 Å². The van der Waals surface area contributed by atoms with Crippen molar-refractivity contribution in [3.05, 3.63) is 48.4 Å². The molecular formula is C20H21N5O2. The largest absolute Gasteiger partial charge is 0.350 e. The van der Waals surface area contributed by atoms with E-state index in [-0.39, 0.29) is 0 Å². The molecule has 1 amide bonds. The van der Waals surface area contributed by atoms with Crippen molar-refractivity contribution in [3.8, 4) is 11.3 Å². The van der Waals surface area contributed by atoms with Crippen LogP contribution >= 0.6 is 0 Å². The van der Waals surface area contributed by atoms with Crippen LogP contribution in [0.3, 0.4) is 0 Å². The number of rotatable bonds is 2. The Balaban J connectivity index is 1.85. The van der Waals surface area contributed by atoms with Gasteiger partial charge in [0, 0.05) is 41.5 Å². The Bertz CT molecular complexity index is 1170. The third-order valence-corrected chi connectivity index (χ3v) is 4.60. The summed E-state index contributed by atoms with van der Waals surface area (Å²) in [6.07, 6.45) is 5.49. The third kappa shape index (κ3) is 2.86. The summed E-state index contributed by atoms with van der Waals surface area (Å²) in [4.78, 5) is 24.8. The molecule has 1 aromatic carbocycles. The van der Waals surface area contributed by atoms with Crippen molar-refractivity contribution < 1.29 is 10.0 Å². The summed E-state index contributed by atoms with van der Waals surface area (Å²) in [5, 5.41) is 11.9. The van der Waals surface area contributed by atoms with Gasteiger partial charge < -0.3 is 9.55 Å². The average Bonchev–Trinajstić information content (AvgIpc) is 3.23. The van der Waals surface area contributed by atoms with Gasteiger partial charge in [0.15, 0.2) is 5.65 Å². The molecule has 7 heteroatoms. The molecular weight excluding hydrogens is 342 g/mol. The number of H-pyrrole nitrogens is 1. The second-order valence-corrected chi connectivity index (χ2v) is 7.64. The first-order valence-corrected chi connectivity index (χ1v) is 8.69. The van der Waals surface area contributed by atoms with Crippen molar-refractivity contribution in [2.24, 2.45) is 7.05 Å². The molecule has 0 aliphatic carbocycles. The molecule has 0 radical (unpaired) electrons. The summed E-state index contributed by atoms with van der Waals surface area (Å²) < 4.78 is 1.99. The van der Waals surface area contributed by atoms with Crippen molar-refractivity contribution in [2.75, 3.05) is 0 Å². The lowest BCUT2D eigenvalue weighted by Gasteiger charge is -2.29. The van der Waals surface area contributed by atoms with E-state index in [0.717, 1.165) is 38.4 Å². The van der Waals surface area contributed by atoms with E-state index in [1.165, 1.54) is 0 Å². The lowest BCUT2D eigenvalue weighted by Crippen LogP contribution is -2.43. The van der Waals surface area contributed by atoms with Crippen LogP contribution in [-0.2, 0) is 7.05 Å². The molecule has 7 nitrogen and oxygen atoms in total. The molecule has 3 heterocycles. The molecule has 0 bridgehead atoms. The first kappa shape index (κ1) is 17.2. The second-order valence-electron chi connectivity index (χ2n) is 7.64. The number of nitrogens with one attached hydrogen (secondary N) is 1. The van der Waals surface area contributed by atoms with Gasteiger partial charge in [0.05, 0.1) is 17.4 Å². The number of aromatic nitrogens is 4. The number of aryl methyl sites for hydroxylation is 1. The maximum atomic E-state index is 12.7. The fourth-order valence-electron chi connectivity index (χ4n) is 3.12. The van der Waals surface area contributed by atoms with Crippen molar-refractivity contribution >= 4 is 28.0 Å². The van der Waals surface area contributed by atoms with E-state index in [1.807, 2.05) is 29.9 Å². The van der Waals surface area contributed by atoms with E-state index in [0.29, 0.717) is 5.56 Å². The number of fused-ring (bicyclic) bond motifs is 2. The minimum Gasteiger partial charge on any atom is -0.350 e. The standard InChI is InChI=1S/C20H21N5O2/c1-20(2,3)25(27)19(26)12-5-6-17-13(9-12)14(11-24(17)4)16-10-22-18-15(23-16)7-8-21-18/h5-11,27H,1-4H3,(H,21,22). The van der Waals surface area contributed by atoms with Crippen LogP contribution in [0.15, 0.2) is 42.9 Å². The average molecular weight is 363 g/mol. The van der Waals surface area contributed by atoms with Gasteiger partial charge in [-0.1, -0.05) is 0 Å². The smallest absolute Gasteiger partial charge is 0.277 e. The molecule has 4 rings (SSSR count). The van der Waals surface area contributed by atoms with E-state index in [9.17, 15) is 10.0 Å². The van der Waals surface area contributed by atoms with Crippen LogP contribution in [0.4, 0.5) is 0 Å². The summed E-state index contributed by atoms with van der Waals surface area (Å²) in [7, 11) is 1.95. The van der Waals surface area contributed by atoms with Gasteiger partial charge in [-0.2, -0.15) is 0 Å². The van der Waals surface area contributed by atoms with Crippen molar-refractivity contribution in [1.82, 2.24) is 24.6 Å². The zero-order valence-electron chi connectivity index (χ0n) is 15.7. The topological polar surface area (TPSA) is 87.0 Å². The number of hydroxylamine groups is 2. The molecule has 0 unspecified atom stereocenters. The fourth-order valence-corrected chi connectivity index (χ4v) is 3.12. The van der Waals surface area contributed by atoms with E-state index in [1.54, 1.807) is 45.3 Å². The van der Waals surface area contributed by atoms with Crippen LogP contribution in [-0.4, -0.2) is 41.2 Å². The number of hydrogen-bond donors (Lipinski definition) is 2. The van der Waals surface area contributed by atoms with Crippen LogP contribution in [0.25, 0.3) is 33.3 Å². The highest BCUT2D eigenvalue weighted by Gasteiger charge is 2.26. The summed E-state index contributed by atoms with van der Waals surface area (Å²) in [5.74, 6) is -0.439. The van der Waals surface area contributed by atoms with E-state index in [2.05, 4.69) is 15.0 Å². The minimum atomic E-state index is -0.684. The quantitative estimate of drug-likeness (QED) is 0.419. The van der Waals surface area contributed by atoms with Crippen LogP contribution in [0.5, 0.6) is 0 Å². The predicted molar refractivity (Wildman–Crippen MR) is 104 cm³/mol. The van der Waals surface area contributed by atoms with Crippen molar-refractivity contribution in [1.29, 1.82) is 0 Å². The zero-order valence-corrected chi connectivity index (χ0v) is 15.7. The highest BCUT2D eigenvalue weighted by atomic mass is 16.5. The summed E-state index contributed by atoms with van der Waals surface area (Å²) in [5.41, 5.74) is 3.84. The summed E-state index contributed by atoms with van der Waals surface area (Å²) in [6, 6.07) is 7.28. The number of hydrogen-bond acceptors (Lipinski definition) is 4. The maximum Gasteiger partial charge on any atom is 0.277 e. The van der Waals surface area contributed by atoms with Gasteiger partial charge in [-0.3, -0.25) is 10.0 Å². The SMILES string of the molecule is Cn1cc(-c2cnc3[nH]ccc3n2)c2cc(C(=O)N(O)C(C)(C)C)ccc21. The van der Waals surface area contributed by atoms with Crippen LogP contribution in [0.1, 0.15) is 31.1 Å². The molecule has 0 spiro atoms. The normalized spacial score (nSPS) is 12.0. The lowest BCUT2D eigenvalue weighted by molar-refractivity contribution is -0.114. The Hall–Kier alpha value is -3.19. The number of amides is 1. The molecule has 2 N–H and O–H groups in total. The van der Waals surface area contributed by atoms with Crippen molar-refractivity contribution in [3.63, 3.8) is 0 Å². The van der Waals surface area contributed by atoms with Gasteiger partial charge in [0.25, 0.3) is 5.91 Å². The number of benzene rings is 1. The molecule has 0 saturated carbocycles. The molecule has 3 aromatic heterocycles. The van der Waals surface area contributed by atoms with Crippen molar-refractivity contribution in [2.45, 2.75) is 26.3 Å². The monoisotopic (exact) mass is 363 g/mol. The molecule has 0 saturated heterocycles. The molecule has 27 heavy (non-hydrogen) atoms. The Morgan fingerprint density at radius 3 is 2.78 bits per heavy atom. The van der Waals surface area contributed by atoms with Gasteiger partial charge in [-0.15, -0.1) is 0 Å². The lowest BCUT2D eigenvalue weighted by atomic mass is 10.0. The molecule has 0 atom stereocenters. The zero-order chi connectivity index (χ0) is 19.3. The Morgan fingerprint density at radius 2 is 2.04 bits per heavy atom. The number of carbonyl (C=O) groups is 1. The second kappa shape index (κ2) is 5.92. The molecule has 138 valence electrons. The Labute approximate surface area is 156 Å². The number of carbonyl (C=O) groups excluding carboxylic acids is 1. The molecule has 0 aliphatic heterocycles. The van der Waals surface area contributed by atoms with E-state index >= 15 is 0 Å². The Morgan fingerprint density at radius 1 is 1.26 bits per heavy atom.